The van der Waals surface area contributed by atoms with E-state index in [0.717, 1.165) is 5.56 Å². The maximum Gasteiger partial charge on any atom is 0.339 e. The Hall–Kier alpha value is -3.22. The van der Waals surface area contributed by atoms with E-state index in [0.29, 0.717) is 29.5 Å². The highest BCUT2D eigenvalue weighted by Crippen LogP contribution is 2.29. The van der Waals surface area contributed by atoms with Crippen molar-refractivity contribution in [3.8, 4) is 17.2 Å². The molecule has 0 saturated carbocycles. The Bertz CT molecular complexity index is 849. The average molecular weight is 387 g/mol. The summed E-state index contributed by atoms with van der Waals surface area (Å²) in [6.45, 7) is 5.73. The van der Waals surface area contributed by atoms with Crippen molar-refractivity contribution in [1.82, 2.24) is 0 Å². The lowest BCUT2D eigenvalue weighted by Gasteiger charge is -2.16. The van der Waals surface area contributed by atoms with Gasteiger partial charge in [0, 0.05) is 0 Å². The molecule has 0 unspecified atom stereocenters. The van der Waals surface area contributed by atoms with Crippen LogP contribution in [0.15, 0.2) is 36.4 Å². The number of hydrogen-bond donors (Lipinski definition) is 1. The van der Waals surface area contributed by atoms with Gasteiger partial charge in [-0.1, -0.05) is 6.07 Å². The van der Waals surface area contributed by atoms with Crippen molar-refractivity contribution in [3.05, 3.63) is 47.5 Å². The summed E-state index contributed by atoms with van der Waals surface area (Å²) in [6.07, 6.45) is -1.00. The summed E-state index contributed by atoms with van der Waals surface area (Å²) in [5.41, 5.74) is 1.73. The fourth-order valence-electron chi connectivity index (χ4n) is 2.51. The van der Waals surface area contributed by atoms with Crippen LogP contribution in [0.5, 0.6) is 17.2 Å². The van der Waals surface area contributed by atoms with Gasteiger partial charge in [-0.3, -0.25) is 4.79 Å². The molecule has 1 atom stereocenters. The van der Waals surface area contributed by atoms with Gasteiger partial charge in [0.15, 0.2) is 17.6 Å². The summed E-state index contributed by atoms with van der Waals surface area (Å²) in [4.78, 5) is 24.8. The van der Waals surface area contributed by atoms with Crippen molar-refractivity contribution in [3.63, 3.8) is 0 Å². The molecule has 0 radical (unpaired) electrons. The van der Waals surface area contributed by atoms with Crippen LogP contribution in [0.2, 0.25) is 0 Å². The molecule has 0 aromatic heterocycles. The lowest BCUT2D eigenvalue weighted by atomic mass is 10.2. The molecule has 7 nitrogen and oxygen atoms in total. The minimum Gasteiger partial charge on any atom is -0.495 e. The van der Waals surface area contributed by atoms with E-state index >= 15 is 0 Å². The van der Waals surface area contributed by atoms with Crippen molar-refractivity contribution in [2.75, 3.05) is 26.1 Å². The molecular weight excluding hydrogens is 362 g/mol. The quantitative estimate of drug-likeness (QED) is 0.697. The largest absolute Gasteiger partial charge is 0.495 e. The highest BCUT2D eigenvalue weighted by molar-refractivity contribution is 5.98. The van der Waals surface area contributed by atoms with E-state index < -0.39 is 18.0 Å². The third-order valence-corrected chi connectivity index (χ3v) is 3.97. The molecule has 0 bridgehead atoms. The van der Waals surface area contributed by atoms with Crippen molar-refractivity contribution >= 4 is 17.6 Å². The topological polar surface area (TPSA) is 83.1 Å². The predicted molar refractivity (Wildman–Crippen MR) is 105 cm³/mol. The number of carbonyl (C=O) groups is 2. The predicted octanol–water partition coefficient (Wildman–Crippen LogP) is 3.59. The highest BCUT2D eigenvalue weighted by atomic mass is 16.5. The first-order valence-corrected chi connectivity index (χ1v) is 8.86. The Labute approximate surface area is 164 Å². The second-order valence-electron chi connectivity index (χ2n) is 6.04. The van der Waals surface area contributed by atoms with Gasteiger partial charge in [0.05, 0.1) is 32.1 Å². The lowest BCUT2D eigenvalue weighted by molar-refractivity contribution is -0.123. The first kappa shape index (κ1) is 21.1. The molecule has 2 aromatic carbocycles. The molecular formula is C21H25NO6. The summed E-state index contributed by atoms with van der Waals surface area (Å²) in [5, 5.41) is 2.72. The normalized spacial score (nSPS) is 11.3. The van der Waals surface area contributed by atoms with Gasteiger partial charge in [-0.15, -0.1) is 0 Å². The third-order valence-electron chi connectivity index (χ3n) is 3.97. The van der Waals surface area contributed by atoms with E-state index in [4.69, 9.17) is 18.9 Å². The molecule has 1 amide bonds. The molecule has 0 heterocycles. The maximum atomic E-state index is 12.4. The second kappa shape index (κ2) is 9.64. The monoisotopic (exact) mass is 387 g/mol. The molecule has 0 fully saturated rings. The number of anilines is 1. The van der Waals surface area contributed by atoms with Gasteiger partial charge in [0.2, 0.25) is 0 Å². The lowest BCUT2D eigenvalue weighted by Crippen LogP contribution is -2.30. The highest BCUT2D eigenvalue weighted by Gasteiger charge is 2.21. The van der Waals surface area contributed by atoms with E-state index in [2.05, 4.69) is 5.32 Å². The Balaban J connectivity index is 2.07. The number of rotatable bonds is 8. The molecule has 28 heavy (non-hydrogen) atoms. The Kier molecular flexibility index (Phi) is 7.26. The molecule has 1 N–H and O–H groups in total. The molecule has 7 heteroatoms. The van der Waals surface area contributed by atoms with Crippen LogP contribution < -0.4 is 19.5 Å². The van der Waals surface area contributed by atoms with E-state index in [1.807, 2.05) is 19.9 Å². The first-order chi connectivity index (χ1) is 13.4. The van der Waals surface area contributed by atoms with Gasteiger partial charge >= 0.3 is 5.97 Å². The molecule has 150 valence electrons. The second-order valence-corrected chi connectivity index (χ2v) is 6.04. The van der Waals surface area contributed by atoms with Crippen LogP contribution in [0.25, 0.3) is 0 Å². The van der Waals surface area contributed by atoms with Crippen molar-refractivity contribution < 1.29 is 28.5 Å². The van der Waals surface area contributed by atoms with Crippen LogP contribution in [0, 0.1) is 6.92 Å². The summed E-state index contributed by atoms with van der Waals surface area (Å²) in [7, 11) is 3.00. The number of esters is 1. The van der Waals surface area contributed by atoms with Gasteiger partial charge < -0.3 is 24.3 Å². The van der Waals surface area contributed by atoms with Gasteiger partial charge in [-0.2, -0.15) is 0 Å². The Morgan fingerprint density at radius 2 is 1.68 bits per heavy atom. The van der Waals surface area contributed by atoms with Crippen LogP contribution in [0.1, 0.15) is 29.8 Å². The molecule has 2 rings (SSSR count). The zero-order valence-corrected chi connectivity index (χ0v) is 16.7. The van der Waals surface area contributed by atoms with Gasteiger partial charge in [-0.05, 0) is 56.7 Å². The number of amides is 1. The average Bonchev–Trinajstić information content (AvgIpc) is 2.68. The minimum atomic E-state index is -1.00. The number of nitrogens with one attached hydrogen (secondary N) is 1. The first-order valence-electron chi connectivity index (χ1n) is 8.86. The summed E-state index contributed by atoms with van der Waals surface area (Å²) < 4.78 is 21.2. The van der Waals surface area contributed by atoms with E-state index in [-0.39, 0.29) is 5.56 Å². The number of benzene rings is 2. The van der Waals surface area contributed by atoms with Crippen molar-refractivity contribution in [2.24, 2.45) is 0 Å². The van der Waals surface area contributed by atoms with Crippen LogP contribution in [-0.2, 0) is 9.53 Å². The summed E-state index contributed by atoms with van der Waals surface area (Å²) >= 11 is 0. The number of ether oxygens (including phenoxy) is 4. The molecule has 0 aliphatic rings. The Morgan fingerprint density at radius 3 is 2.32 bits per heavy atom. The maximum absolute atomic E-state index is 12.4. The van der Waals surface area contributed by atoms with Gasteiger partial charge in [-0.25, -0.2) is 4.79 Å². The SMILES string of the molecule is CCOc1ccc(C(=O)O[C@@H](C)C(=O)Nc2cc(C)ccc2OC)cc1OC. The van der Waals surface area contributed by atoms with E-state index in [1.165, 1.54) is 27.2 Å². The van der Waals surface area contributed by atoms with Crippen LogP contribution in [0.4, 0.5) is 5.69 Å². The number of methoxy groups -OCH3 is 2. The number of carbonyl (C=O) groups excluding carboxylic acids is 2. The van der Waals surface area contributed by atoms with E-state index in [1.54, 1.807) is 24.3 Å². The van der Waals surface area contributed by atoms with Crippen LogP contribution in [-0.4, -0.2) is 38.8 Å². The molecule has 2 aromatic rings. The van der Waals surface area contributed by atoms with Crippen LogP contribution >= 0.6 is 0 Å². The van der Waals surface area contributed by atoms with Crippen molar-refractivity contribution in [2.45, 2.75) is 26.9 Å². The van der Waals surface area contributed by atoms with Gasteiger partial charge in [0.25, 0.3) is 5.91 Å². The minimum absolute atomic E-state index is 0.257. The fourth-order valence-corrected chi connectivity index (χ4v) is 2.51. The Morgan fingerprint density at radius 1 is 1.00 bits per heavy atom. The van der Waals surface area contributed by atoms with Crippen LogP contribution in [0.3, 0.4) is 0 Å². The molecule has 0 aliphatic heterocycles. The smallest absolute Gasteiger partial charge is 0.339 e. The van der Waals surface area contributed by atoms with E-state index in [9.17, 15) is 9.59 Å². The van der Waals surface area contributed by atoms with Gasteiger partial charge in [0.1, 0.15) is 5.75 Å². The van der Waals surface area contributed by atoms with Crippen molar-refractivity contribution in [1.29, 1.82) is 0 Å². The molecule has 0 aliphatic carbocycles. The molecule has 0 spiro atoms. The molecule has 0 saturated heterocycles. The standard InChI is InChI=1S/C21H25NO6/c1-6-27-18-10-8-15(12-19(18)26-5)21(24)28-14(3)20(23)22-16-11-13(2)7-9-17(16)25-4/h7-12,14H,6H2,1-5H3,(H,22,23)/t14-/m0/s1. The number of hydrogen-bond acceptors (Lipinski definition) is 6. The zero-order valence-electron chi connectivity index (χ0n) is 16.7. The third kappa shape index (κ3) is 5.16. The number of aryl methyl sites for hydroxylation is 1. The fraction of sp³-hybridized carbons (Fsp3) is 0.333. The summed E-state index contributed by atoms with van der Waals surface area (Å²) in [6, 6.07) is 10.1. The summed E-state index contributed by atoms with van der Waals surface area (Å²) in [5.74, 6) is 0.362. The zero-order chi connectivity index (χ0) is 20.7.